The van der Waals surface area contributed by atoms with Crippen molar-refractivity contribution >= 4 is 39.1 Å². The van der Waals surface area contributed by atoms with Gasteiger partial charge in [0.2, 0.25) is 0 Å². The fourth-order valence-corrected chi connectivity index (χ4v) is 10.1. The Bertz CT molecular complexity index is 2470. The quantitative estimate of drug-likeness (QED) is 0.190. The molecule has 0 N–H and O–H groups in total. The molecule has 1 aromatic heterocycles. The molecule has 7 aromatic rings. The van der Waals surface area contributed by atoms with E-state index in [1.807, 2.05) is 11.8 Å². The second-order valence-corrected chi connectivity index (χ2v) is 14.8. The molecule has 1 aliphatic heterocycles. The van der Waals surface area contributed by atoms with Crippen LogP contribution in [0.1, 0.15) is 42.0 Å². The van der Waals surface area contributed by atoms with Crippen LogP contribution in [0.25, 0.3) is 55.3 Å². The van der Waals surface area contributed by atoms with Crippen LogP contribution in [-0.2, 0) is 5.41 Å². The molecule has 0 amide bonds. The summed E-state index contributed by atoms with van der Waals surface area (Å²) in [5.74, 6) is 0.435. The average Bonchev–Trinajstić information content (AvgIpc) is 3.74. The number of fused-ring (bicyclic) bond motifs is 10. The molecule has 2 heterocycles. The van der Waals surface area contributed by atoms with Gasteiger partial charge in [-0.2, -0.15) is 0 Å². The van der Waals surface area contributed by atoms with E-state index in [-0.39, 0.29) is 5.41 Å². The second-order valence-electron chi connectivity index (χ2n) is 13.6. The molecule has 0 spiro atoms. The number of hydrogen-bond acceptors (Lipinski definition) is 1. The van der Waals surface area contributed by atoms with E-state index in [4.69, 9.17) is 0 Å². The van der Waals surface area contributed by atoms with Crippen LogP contribution in [0.3, 0.4) is 0 Å². The highest BCUT2D eigenvalue weighted by Crippen LogP contribution is 2.54. The Kier molecular flexibility index (Phi) is 5.75. The number of hydrogen-bond donors (Lipinski definition) is 0. The molecule has 0 bridgehead atoms. The van der Waals surface area contributed by atoms with Gasteiger partial charge < -0.3 is 4.57 Å². The Hall–Kier alpha value is -5.05. The smallest absolute Gasteiger partial charge is 0.0588 e. The molecule has 10 rings (SSSR count). The fraction of sp³-hybridized carbons (Fsp3) is 0.111. The topological polar surface area (TPSA) is 4.93 Å². The van der Waals surface area contributed by atoms with E-state index in [2.05, 4.69) is 170 Å². The van der Waals surface area contributed by atoms with E-state index in [0.717, 1.165) is 0 Å². The third-order valence-corrected chi connectivity index (χ3v) is 12.2. The number of aromatic nitrogens is 1. The van der Waals surface area contributed by atoms with Crippen molar-refractivity contribution in [1.29, 1.82) is 0 Å². The summed E-state index contributed by atoms with van der Waals surface area (Å²) in [5.41, 5.74) is 15.9. The van der Waals surface area contributed by atoms with Gasteiger partial charge >= 0.3 is 0 Å². The third-order valence-electron chi connectivity index (χ3n) is 10.8. The molecule has 2 unspecified atom stereocenters. The fourth-order valence-electron chi connectivity index (χ4n) is 8.59. The Balaban J connectivity index is 1.07. The number of rotatable bonds is 3. The minimum Gasteiger partial charge on any atom is -0.309 e. The lowest BCUT2D eigenvalue weighted by molar-refractivity contribution is 0.664. The van der Waals surface area contributed by atoms with Gasteiger partial charge in [0.15, 0.2) is 0 Å². The number of nitrogens with zero attached hydrogens (tertiary/aromatic N) is 1. The molecule has 0 fully saturated rings. The average molecular weight is 620 g/mol. The zero-order valence-electron chi connectivity index (χ0n) is 26.4. The normalized spacial score (nSPS) is 18.6. The van der Waals surface area contributed by atoms with Crippen LogP contribution in [0, 0.1) is 0 Å². The van der Waals surface area contributed by atoms with Gasteiger partial charge in [0, 0.05) is 37.9 Å². The first-order chi connectivity index (χ1) is 23.1. The predicted molar refractivity (Wildman–Crippen MR) is 200 cm³/mol. The van der Waals surface area contributed by atoms with Gasteiger partial charge in [-0.05, 0) is 80.4 Å². The Morgan fingerprint density at radius 3 is 2.34 bits per heavy atom. The molecule has 3 aliphatic rings. The van der Waals surface area contributed by atoms with Crippen LogP contribution in [0.15, 0.2) is 157 Å². The summed E-state index contributed by atoms with van der Waals surface area (Å²) in [6.45, 7) is 4.77. The molecule has 0 radical (unpaired) electrons. The highest BCUT2D eigenvalue weighted by Gasteiger charge is 2.38. The lowest BCUT2D eigenvalue weighted by atomic mass is 9.81. The summed E-state index contributed by atoms with van der Waals surface area (Å²) in [5, 5.41) is 3.04. The van der Waals surface area contributed by atoms with Crippen molar-refractivity contribution in [3.8, 4) is 27.9 Å². The number of allylic oxidation sites excluding steroid dienone is 3. The molecule has 2 atom stereocenters. The Labute approximate surface area is 279 Å². The van der Waals surface area contributed by atoms with E-state index < -0.39 is 0 Å². The summed E-state index contributed by atoms with van der Waals surface area (Å²) in [6.07, 6.45) is 6.95. The van der Waals surface area contributed by atoms with Crippen molar-refractivity contribution in [2.45, 2.75) is 35.3 Å². The highest BCUT2D eigenvalue weighted by atomic mass is 32.2. The van der Waals surface area contributed by atoms with Crippen molar-refractivity contribution in [2.75, 3.05) is 0 Å². The molecule has 1 nitrogen and oxygen atoms in total. The summed E-state index contributed by atoms with van der Waals surface area (Å²) in [7, 11) is 0. The minimum atomic E-state index is -0.0983. The molecule has 0 saturated carbocycles. The predicted octanol–water partition coefficient (Wildman–Crippen LogP) is 12.0. The van der Waals surface area contributed by atoms with Crippen molar-refractivity contribution in [3.05, 3.63) is 174 Å². The summed E-state index contributed by atoms with van der Waals surface area (Å²) in [4.78, 5) is 1.41. The molecular weight excluding hydrogens is 587 g/mol. The van der Waals surface area contributed by atoms with Gasteiger partial charge in [0.25, 0.3) is 0 Å². The Morgan fingerprint density at radius 2 is 1.43 bits per heavy atom. The van der Waals surface area contributed by atoms with Crippen LogP contribution < -0.4 is 0 Å². The van der Waals surface area contributed by atoms with Crippen LogP contribution in [0.2, 0.25) is 0 Å². The molecular formula is C45H33NS. The van der Waals surface area contributed by atoms with Gasteiger partial charge in [0.05, 0.1) is 11.0 Å². The Morgan fingerprint density at radius 1 is 0.638 bits per heavy atom. The van der Waals surface area contributed by atoms with Gasteiger partial charge in [-0.1, -0.05) is 135 Å². The maximum atomic E-state index is 2.51. The maximum Gasteiger partial charge on any atom is 0.0588 e. The molecule has 6 aromatic carbocycles. The first-order valence-corrected chi connectivity index (χ1v) is 17.5. The van der Waals surface area contributed by atoms with Gasteiger partial charge in [-0.15, -0.1) is 11.8 Å². The van der Waals surface area contributed by atoms with Crippen molar-refractivity contribution < 1.29 is 0 Å². The molecule has 2 aliphatic carbocycles. The SMILES string of the molecule is CC1(C)c2ccccc2-c2ccc3c4ccccc4n(-c4ccc(-c5cccc(C6=CC=CC7c8ccccc8SC67)c5)cc4)c3c21. The van der Waals surface area contributed by atoms with E-state index in [1.54, 1.807) is 0 Å². The number of para-hydroxylation sites is 1. The number of benzene rings is 6. The lowest BCUT2D eigenvalue weighted by Gasteiger charge is -2.24. The van der Waals surface area contributed by atoms with E-state index in [9.17, 15) is 0 Å². The van der Waals surface area contributed by atoms with Crippen LogP contribution in [0.5, 0.6) is 0 Å². The van der Waals surface area contributed by atoms with Crippen molar-refractivity contribution in [1.82, 2.24) is 4.57 Å². The van der Waals surface area contributed by atoms with Crippen molar-refractivity contribution in [2.24, 2.45) is 0 Å². The van der Waals surface area contributed by atoms with Gasteiger partial charge in [0.1, 0.15) is 0 Å². The molecule has 224 valence electrons. The standard InChI is InChI=1S/C45H33NS/c1-45(2)39-18-6-3-13-33(39)36-25-26-37-34-14-4-7-19-40(34)46(43(37)42(36)45)31-23-21-28(22-24-31)29-11-9-12-30(27-29)32-16-10-17-38-35-15-5-8-20-41(35)47-44(32)38/h3-27,38,44H,1-2H3. The van der Waals surface area contributed by atoms with Gasteiger partial charge in [-0.25, -0.2) is 0 Å². The first kappa shape index (κ1) is 27.1. The molecule has 47 heavy (non-hydrogen) atoms. The second kappa shape index (κ2) is 9.97. The summed E-state index contributed by atoms with van der Waals surface area (Å²) < 4.78 is 2.51. The third kappa shape index (κ3) is 3.85. The highest BCUT2D eigenvalue weighted by molar-refractivity contribution is 8.00. The summed E-state index contributed by atoms with van der Waals surface area (Å²) >= 11 is 2.01. The zero-order chi connectivity index (χ0) is 31.3. The van der Waals surface area contributed by atoms with Crippen LogP contribution in [-0.4, -0.2) is 9.82 Å². The van der Waals surface area contributed by atoms with E-state index >= 15 is 0 Å². The maximum absolute atomic E-state index is 2.51. The molecule has 0 saturated heterocycles. The van der Waals surface area contributed by atoms with E-state index in [1.165, 1.54) is 82.5 Å². The number of thioether (sulfide) groups is 1. The van der Waals surface area contributed by atoms with Crippen LogP contribution >= 0.6 is 11.8 Å². The first-order valence-electron chi connectivity index (χ1n) is 16.6. The van der Waals surface area contributed by atoms with Crippen molar-refractivity contribution in [3.63, 3.8) is 0 Å². The minimum absolute atomic E-state index is 0.0983. The lowest BCUT2D eigenvalue weighted by Crippen LogP contribution is -2.16. The van der Waals surface area contributed by atoms with Crippen LogP contribution in [0.4, 0.5) is 0 Å². The largest absolute Gasteiger partial charge is 0.309 e. The monoisotopic (exact) mass is 619 g/mol. The summed E-state index contributed by atoms with van der Waals surface area (Å²) in [6, 6.07) is 49.8. The van der Waals surface area contributed by atoms with E-state index in [0.29, 0.717) is 11.2 Å². The zero-order valence-corrected chi connectivity index (χ0v) is 27.3. The van der Waals surface area contributed by atoms with Gasteiger partial charge in [-0.3, -0.25) is 0 Å². The molecule has 2 heteroatoms.